The van der Waals surface area contributed by atoms with E-state index in [-0.39, 0.29) is 0 Å². The third-order valence-electron chi connectivity index (χ3n) is 1.82. The van der Waals surface area contributed by atoms with Crippen molar-refractivity contribution >= 4 is 6.08 Å². The molecular weight excluding hydrogens is 150 g/mol. The topological polar surface area (TPSA) is 39.2 Å². The lowest BCUT2D eigenvalue weighted by Gasteiger charge is -1.96. The van der Waals surface area contributed by atoms with E-state index in [1.165, 1.54) is 5.57 Å². The van der Waals surface area contributed by atoms with E-state index < -0.39 is 0 Å². The predicted molar refractivity (Wildman–Crippen MR) is 50.8 cm³/mol. The van der Waals surface area contributed by atoms with Gasteiger partial charge in [0, 0.05) is 6.54 Å². The van der Waals surface area contributed by atoms with Crippen LogP contribution in [-0.2, 0) is 0 Å². The standard InChI is InChI=1S/C10H15NO/c1-3-9(7-11)6-10-5-4-8(2)12-10/h4-6H,3,7,11H2,1-2H3. The molecule has 1 aromatic heterocycles. The Kier molecular flexibility index (Phi) is 3.11. The molecule has 0 bridgehead atoms. The first-order valence-electron chi connectivity index (χ1n) is 4.22. The van der Waals surface area contributed by atoms with Crippen LogP contribution in [0.15, 0.2) is 22.1 Å². The van der Waals surface area contributed by atoms with Gasteiger partial charge >= 0.3 is 0 Å². The van der Waals surface area contributed by atoms with Crippen LogP contribution in [0.4, 0.5) is 0 Å². The minimum Gasteiger partial charge on any atom is -0.462 e. The van der Waals surface area contributed by atoms with Crippen molar-refractivity contribution in [1.82, 2.24) is 0 Å². The normalized spacial score (nSPS) is 12.1. The van der Waals surface area contributed by atoms with Crippen LogP contribution in [0, 0.1) is 6.92 Å². The van der Waals surface area contributed by atoms with Crippen molar-refractivity contribution in [3.63, 3.8) is 0 Å². The number of hydrogen-bond donors (Lipinski definition) is 1. The van der Waals surface area contributed by atoms with Gasteiger partial charge in [0.1, 0.15) is 11.5 Å². The summed E-state index contributed by atoms with van der Waals surface area (Å²) in [7, 11) is 0. The lowest BCUT2D eigenvalue weighted by Crippen LogP contribution is -2.01. The van der Waals surface area contributed by atoms with Gasteiger partial charge in [-0.1, -0.05) is 12.5 Å². The van der Waals surface area contributed by atoms with Crippen LogP contribution in [0.25, 0.3) is 6.08 Å². The summed E-state index contributed by atoms with van der Waals surface area (Å²) in [5.74, 6) is 1.84. The molecule has 66 valence electrons. The summed E-state index contributed by atoms with van der Waals surface area (Å²) in [5.41, 5.74) is 6.74. The van der Waals surface area contributed by atoms with Gasteiger partial charge in [-0.2, -0.15) is 0 Å². The molecule has 0 aliphatic carbocycles. The van der Waals surface area contributed by atoms with Crippen LogP contribution in [-0.4, -0.2) is 6.54 Å². The summed E-state index contributed by atoms with van der Waals surface area (Å²) >= 11 is 0. The number of furan rings is 1. The van der Waals surface area contributed by atoms with Crippen molar-refractivity contribution in [2.24, 2.45) is 5.73 Å². The highest BCUT2D eigenvalue weighted by molar-refractivity contribution is 5.47. The average Bonchev–Trinajstić information content (AvgIpc) is 2.47. The third-order valence-corrected chi connectivity index (χ3v) is 1.82. The third kappa shape index (κ3) is 2.24. The molecular formula is C10H15NO. The molecule has 1 heterocycles. The Balaban J connectivity index is 2.78. The SMILES string of the molecule is CCC(=Cc1ccc(C)o1)CN. The fraction of sp³-hybridized carbons (Fsp3) is 0.400. The molecule has 0 saturated carbocycles. The first-order chi connectivity index (χ1) is 5.76. The van der Waals surface area contributed by atoms with Gasteiger partial charge in [0.05, 0.1) is 0 Å². The second-order valence-electron chi connectivity index (χ2n) is 2.81. The van der Waals surface area contributed by atoms with Gasteiger partial charge < -0.3 is 10.2 Å². The van der Waals surface area contributed by atoms with E-state index in [2.05, 4.69) is 6.92 Å². The van der Waals surface area contributed by atoms with Crippen LogP contribution in [0.3, 0.4) is 0 Å². The second kappa shape index (κ2) is 4.12. The Morgan fingerprint density at radius 3 is 2.75 bits per heavy atom. The summed E-state index contributed by atoms with van der Waals surface area (Å²) in [5, 5.41) is 0. The smallest absolute Gasteiger partial charge is 0.127 e. The Hall–Kier alpha value is -1.02. The highest BCUT2D eigenvalue weighted by Gasteiger charge is 1.96. The molecule has 0 fully saturated rings. The minimum absolute atomic E-state index is 0.607. The highest BCUT2D eigenvalue weighted by Crippen LogP contribution is 2.11. The lowest BCUT2D eigenvalue weighted by atomic mass is 10.2. The molecule has 2 N–H and O–H groups in total. The summed E-state index contributed by atoms with van der Waals surface area (Å²) in [6, 6.07) is 3.91. The number of nitrogens with two attached hydrogens (primary N) is 1. The molecule has 0 saturated heterocycles. The molecule has 0 spiro atoms. The molecule has 1 rings (SSSR count). The van der Waals surface area contributed by atoms with Crippen LogP contribution in [0.1, 0.15) is 24.9 Å². The molecule has 0 atom stereocenters. The monoisotopic (exact) mass is 165 g/mol. The Labute approximate surface area is 73.1 Å². The molecule has 0 aliphatic heterocycles. The minimum atomic E-state index is 0.607. The fourth-order valence-electron chi connectivity index (χ4n) is 1.04. The van der Waals surface area contributed by atoms with Crippen molar-refractivity contribution in [1.29, 1.82) is 0 Å². The maximum Gasteiger partial charge on any atom is 0.127 e. The Morgan fingerprint density at radius 2 is 2.33 bits per heavy atom. The van der Waals surface area contributed by atoms with Gasteiger partial charge in [0.25, 0.3) is 0 Å². The average molecular weight is 165 g/mol. The first-order valence-corrected chi connectivity index (χ1v) is 4.22. The lowest BCUT2D eigenvalue weighted by molar-refractivity contribution is 0.524. The maximum absolute atomic E-state index is 5.53. The molecule has 0 aromatic carbocycles. The zero-order valence-corrected chi connectivity index (χ0v) is 7.63. The Morgan fingerprint density at radius 1 is 1.58 bits per heavy atom. The first kappa shape index (κ1) is 9.07. The molecule has 12 heavy (non-hydrogen) atoms. The maximum atomic E-state index is 5.53. The number of rotatable bonds is 3. The van der Waals surface area contributed by atoms with E-state index >= 15 is 0 Å². The quantitative estimate of drug-likeness (QED) is 0.746. The largest absolute Gasteiger partial charge is 0.462 e. The van der Waals surface area contributed by atoms with Crippen molar-refractivity contribution in [2.75, 3.05) is 6.54 Å². The molecule has 1 aromatic rings. The molecule has 0 aliphatic rings. The van der Waals surface area contributed by atoms with E-state index in [1.807, 2.05) is 25.1 Å². The van der Waals surface area contributed by atoms with Crippen molar-refractivity contribution in [2.45, 2.75) is 20.3 Å². The second-order valence-corrected chi connectivity index (χ2v) is 2.81. The van der Waals surface area contributed by atoms with Crippen LogP contribution in [0.2, 0.25) is 0 Å². The molecule has 2 nitrogen and oxygen atoms in total. The summed E-state index contributed by atoms with van der Waals surface area (Å²) in [6.07, 6.45) is 2.99. The van der Waals surface area contributed by atoms with E-state index in [1.54, 1.807) is 0 Å². The highest BCUT2D eigenvalue weighted by atomic mass is 16.3. The van der Waals surface area contributed by atoms with Crippen LogP contribution < -0.4 is 5.73 Å². The Bertz CT molecular complexity index is 267. The van der Waals surface area contributed by atoms with Crippen LogP contribution in [0.5, 0.6) is 0 Å². The molecule has 0 amide bonds. The summed E-state index contributed by atoms with van der Waals surface area (Å²) in [4.78, 5) is 0. The van der Waals surface area contributed by atoms with Gasteiger partial charge in [-0.15, -0.1) is 0 Å². The molecule has 2 heteroatoms. The molecule has 0 unspecified atom stereocenters. The van der Waals surface area contributed by atoms with Crippen molar-refractivity contribution < 1.29 is 4.42 Å². The number of hydrogen-bond acceptors (Lipinski definition) is 2. The molecule has 0 radical (unpaired) electrons. The zero-order chi connectivity index (χ0) is 8.97. The van der Waals surface area contributed by atoms with E-state index in [0.29, 0.717) is 6.54 Å². The van der Waals surface area contributed by atoms with Crippen LogP contribution >= 0.6 is 0 Å². The fourth-order valence-corrected chi connectivity index (χ4v) is 1.04. The zero-order valence-electron chi connectivity index (χ0n) is 7.63. The van der Waals surface area contributed by atoms with E-state index in [0.717, 1.165) is 17.9 Å². The predicted octanol–water partition coefficient (Wildman–Crippen LogP) is 2.34. The van der Waals surface area contributed by atoms with Gasteiger partial charge in [-0.3, -0.25) is 0 Å². The number of aryl methyl sites for hydroxylation is 1. The van der Waals surface area contributed by atoms with E-state index in [9.17, 15) is 0 Å². The van der Waals surface area contributed by atoms with E-state index in [4.69, 9.17) is 10.2 Å². The summed E-state index contributed by atoms with van der Waals surface area (Å²) < 4.78 is 5.39. The summed E-state index contributed by atoms with van der Waals surface area (Å²) in [6.45, 7) is 4.64. The van der Waals surface area contributed by atoms with Crippen molar-refractivity contribution in [3.05, 3.63) is 29.2 Å². The van der Waals surface area contributed by atoms with Gasteiger partial charge in [-0.25, -0.2) is 0 Å². The van der Waals surface area contributed by atoms with Crippen molar-refractivity contribution in [3.8, 4) is 0 Å². The van der Waals surface area contributed by atoms with Gasteiger partial charge in [0.2, 0.25) is 0 Å². The van der Waals surface area contributed by atoms with Gasteiger partial charge in [-0.05, 0) is 31.6 Å². The van der Waals surface area contributed by atoms with Gasteiger partial charge in [0.15, 0.2) is 0 Å².